The van der Waals surface area contributed by atoms with E-state index in [2.05, 4.69) is 15.5 Å². The number of H-pyrrole nitrogens is 1. The van der Waals surface area contributed by atoms with Gasteiger partial charge in [-0.25, -0.2) is 8.78 Å². The molecule has 1 saturated heterocycles. The highest BCUT2D eigenvalue weighted by Gasteiger charge is 2.33. The second-order valence-corrected chi connectivity index (χ2v) is 6.51. The first-order valence-corrected chi connectivity index (χ1v) is 8.76. The molecule has 1 amide bonds. The Hall–Kier alpha value is -3.42. The third-order valence-corrected chi connectivity index (χ3v) is 4.73. The lowest BCUT2D eigenvalue weighted by Crippen LogP contribution is -2.33. The molecule has 1 atom stereocenters. The molecule has 0 radical (unpaired) electrons. The molecule has 1 aliphatic rings. The summed E-state index contributed by atoms with van der Waals surface area (Å²) in [6.07, 6.45) is 3.65. The third-order valence-electron chi connectivity index (χ3n) is 4.73. The van der Waals surface area contributed by atoms with E-state index in [0.717, 1.165) is 0 Å². The molecular formula is C20H18F2N4O2. The Balaban J connectivity index is 1.51. The van der Waals surface area contributed by atoms with Gasteiger partial charge in [-0.2, -0.15) is 5.10 Å². The van der Waals surface area contributed by atoms with Crippen molar-refractivity contribution in [3.8, 4) is 16.9 Å². The number of carbonyl (C=O) groups excluding carboxylic acids is 1. The van der Waals surface area contributed by atoms with Crippen molar-refractivity contribution < 1.29 is 18.3 Å². The first-order valence-electron chi connectivity index (χ1n) is 8.76. The largest absolute Gasteiger partial charge is 0.497 e. The molecule has 0 spiro atoms. The molecule has 8 heteroatoms. The van der Waals surface area contributed by atoms with Gasteiger partial charge in [0, 0.05) is 47.4 Å². The molecule has 28 heavy (non-hydrogen) atoms. The SMILES string of the molecule is COc1cc(F)cc(NC2CCN(c3ccc(-c4cn[nH]c4)c(F)c3)C2=O)c1. The molecule has 0 saturated carbocycles. The number of hydrogen-bond donors (Lipinski definition) is 2. The van der Waals surface area contributed by atoms with E-state index in [1.54, 1.807) is 24.4 Å². The second-order valence-electron chi connectivity index (χ2n) is 6.51. The van der Waals surface area contributed by atoms with Crippen LogP contribution in [0.2, 0.25) is 0 Å². The van der Waals surface area contributed by atoms with Gasteiger partial charge in [-0.05, 0) is 30.7 Å². The van der Waals surface area contributed by atoms with Crippen molar-refractivity contribution in [1.82, 2.24) is 10.2 Å². The number of benzene rings is 2. The van der Waals surface area contributed by atoms with E-state index < -0.39 is 17.7 Å². The number of methoxy groups -OCH3 is 1. The predicted molar refractivity (Wildman–Crippen MR) is 101 cm³/mol. The number of aromatic nitrogens is 2. The fourth-order valence-corrected chi connectivity index (χ4v) is 3.34. The lowest BCUT2D eigenvalue weighted by Gasteiger charge is -2.18. The molecule has 2 heterocycles. The van der Waals surface area contributed by atoms with Crippen molar-refractivity contribution in [2.45, 2.75) is 12.5 Å². The average molecular weight is 384 g/mol. The minimum atomic E-state index is -0.525. The van der Waals surface area contributed by atoms with Crippen LogP contribution in [-0.4, -0.2) is 35.8 Å². The van der Waals surface area contributed by atoms with Gasteiger partial charge in [0.05, 0.1) is 13.3 Å². The van der Waals surface area contributed by atoms with Crippen LogP contribution < -0.4 is 15.0 Å². The van der Waals surface area contributed by atoms with Gasteiger partial charge in [0.25, 0.3) is 0 Å². The molecule has 1 unspecified atom stereocenters. The normalized spacial score (nSPS) is 16.5. The van der Waals surface area contributed by atoms with Crippen molar-refractivity contribution in [1.29, 1.82) is 0 Å². The summed E-state index contributed by atoms with van der Waals surface area (Å²) in [5, 5.41) is 9.50. The zero-order valence-corrected chi connectivity index (χ0v) is 15.1. The van der Waals surface area contributed by atoms with Crippen LogP contribution >= 0.6 is 0 Å². The highest BCUT2D eigenvalue weighted by atomic mass is 19.1. The van der Waals surface area contributed by atoms with Crippen molar-refractivity contribution in [2.24, 2.45) is 0 Å². The fraction of sp³-hybridized carbons (Fsp3) is 0.200. The van der Waals surface area contributed by atoms with Crippen molar-refractivity contribution in [2.75, 3.05) is 23.9 Å². The van der Waals surface area contributed by atoms with Crippen LogP contribution in [0.1, 0.15) is 6.42 Å². The molecule has 4 rings (SSSR count). The zero-order chi connectivity index (χ0) is 19.7. The number of rotatable bonds is 5. The summed E-state index contributed by atoms with van der Waals surface area (Å²) < 4.78 is 33.2. The summed E-state index contributed by atoms with van der Waals surface area (Å²) >= 11 is 0. The maximum Gasteiger partial charge on any atom is 0.249 e. The standard InChI is InChI=1S/C20H18F2N4O2/c1-28-16-7-13(21)6-14(8-16)25-19-4-5-26(20(19)27)15-2-3-17(18(22)9-15)12-10-23-24-11-12/h2-3,6-11,19,25H,4-5H2,1H3,(H,23,24). The minimum absolute atomic E-state index is 0.196. The Morgan fingerprint density at radius 1 is 1.25 bits per heavy atom. The first-order chi connectivity index (χ1) is 13.5. The van der Waals surface area contributed by atoms with Gasteiger partial charge in [-0.15, -0.1) is 0 Å². The average Bonchev–Trinajstić information content (AvgIpc) is 3.32. The molecule has 6 nitrogen and oxygen atoms in total. The van der Waals surface area contributed by atoms with Gasteiger partial charge >= 0.3 is 0 Å². The second kappa shape index (κ2) is 7.30. The van der Waals surface area contributed by atoms with Crippen molar-refractivity contribution >= 4 is 17.3 Å². The van der Waals surface area contributed by atoms with Gasteiger partial charge < -0.3 is 15.0 Å². The number of halogens is 2. The first kappa shape index (κ1) is 18.0. The van der Waals surface area contributed by atoms with Crippen LogP contribution in [0.15, 0.2) is 48.8 Å². The Kier molecular flexibility index (Phi) is 4.68. The van der Waals surface area contributed by atoms with Gasteiger partial charge in [-0.1, -0.05) is 0 Å². The molecule has 2 N–H and O–H groups in total. The van der Waals surface area contributed by atoms with Crippen LogP contribution in [0.4, 0.5) is 20.2 Å². The Bertz CT molecular complexity index is 1010. The zero-order valence-electron chi connectivity index (χ0n) is 15.1. The lowest BCUT2D eigenvalue weighted by molar-refractivity contribution is -0.117. The van der Waals surface area contributed by atoms with E-state index in [4.69, 9.17) is 4.74 Å². The molecule has 0 aliphatic carbocycles. The van der Waals surface area contributed by atoms with E-state index >= 15 is 0 Å². The molecule has 3 aromatic rings. The Morgan fingerprint density at radius 3 is 2.82 bits per heavy atom. The summed E-state index contributed by atoms with van der Waals surface area (Å²) in [6, 6.07) is 8.34. The summed E-state index contributed by atoms with van der Waals surface area (Å²) in [6.45, 7) is 0.438. The number of anilines is 2. The maximum atomic E-state index is 14.5. The highest BCUT2D eigenvalue weighted by Crippen LogP contribution is 2.30. The molecule has 1 aromatic heterocycles. The van der Waals surface area contributed by atoms with Crippen LogP contribution in [0, 0.1) is 11.6 Å². The van der Waals surface area contributed by atoms with Crippen LogP contribution in [0.25, 0.3) is 11.1 Å². The van der Waals surface area contributed by atoms with E-state index in [1.807, 2.05) is 0 Å². The van der Waals surface area contributed by atoms with Gasteiger partial charge in [0.15, 0.2) is 0 Å². The summed E-state index contributed by atoms with van der Waals surface area (Å²) in [5.41, 5.74) is 1.98. The van der Waals surface area contributed by atoms with Gasteiger partial charge in [-0.3, -0.25) is 9.89 Å². The van der Waals surface area contributed by atoms with E-state index in [9.17, 15) is 13.6 Å². The Morgan fingerprint density at radius 2 is 2.11 bits per heavy atom. The Labute approximate surface area is 160 Å². The fourth-order valence-electron chi connectivity index (χ4n) is 3.34. The van der Waals surface area contributed by atoms with E-state index in [0.29, 0.717) is 41.2 Å². The topological polar surface area (TPSA) is 70.2 Å². The molecule has 1 fully saturated rings. The summed E-state index contributed by atoms with van der Waals surface area (Å²) in [5.74, 6) is -0.723. The van der Waals surface area contributed by atoms with Crippen LogP contribution in [0.3, 0.4) is 0 Å². The maximum absolute atomic E-state index is 14.5. The number of ether oxygens (including phenoxy) is 1. The number of aromatic amines is 1. The van der Waals surface area contributed by atoms with Crippen LogP contribution in [-0.2, 0) is 4.79 Å². The highest BCUT2D eigenvalue weighted by molar-refractivity contribution is 6.01. The number of amides is 1. The smallest absolute Gasteiger partial charge is 0.249 e. The van der Waals surface area contributed by atoms with E-state index in [-0.39, 0.29) is 5.91 Å². The lowest BCUT2D eigenvalue weighted by atomic mass is 10.1. The van der Waals surface area contributed by atoms with Crippen LogP contribution in [0.5, 0.6) is 5.75 Å². The molecular weight excluding hydrogens is 366 g/mol. The third kappa shape index (κ3) is 3.40. The van der Waals surface area contributed by atoms with Gasteiger partial charge in [0.1, 0.15) is 23.4 Å². The number of nitrogens with zero attached hydrogens (tertiary/aromatic N) is 2. The minimum Gasteiger partial charge on any atom is -0.497 e. The quantitative estimate of drug-likeness (QED) is 0.706. The molecule has 1 aliphatic heterocycles. The van der Waals surface area contributed by atoms with Crippen molar-refractivity contribution in [3.63, 3.8) is 0 Å². The number of nitrogens with one attached hydrogen (secondary N) is 2. The van der Waals surface area contributed by atoms with Crippen molar-refractivity contribution in [3.05, 3.63) is 60.4 Å². The molecule has 0 bridgehead atoms. The number of hydrogen-bond acceptors (Lipinski definition) is 4. The number of carbonyl (C=O) groups is 1. The van der Waals surface area contributed by atoms with Gasteiger partial charge in [0.2, 0.25) is 5.91 Å². The molecule has 144 valence electrons. The monoisotopic (exact) mass is 384 g/mol. The van der Waals surface area contributed by atoms with E-state index in [1.165, 1.54) is 36.4 Å². The summed E-state index contributed by atoms with van der Waals surface area (Å²) in [4.78, 5) is 14.3. The molecule has 2 aromatic carbocycles. The summed E-state index contributed by atoms with van der Waals surface area (Å²) in [7, 11) is 1.45. The predicted octanol–water partition coefficient (Wildman–Crippen LogP) is 3.58.